The molecule has 0 amide bonds. The van der Waals surface area contributed by atoms with E-state index in [1.807, 2.05) is 6.07 Å². The second-order valence-corrected chi connectivity index (χ2v) is 16.9. The number of fused-ring (bicyclic) bond motifs is 2. The molecule has 0 aromatic heterocycles. The predicted octanol–water partition coefficient (Wildman–Crippen LogP) is 10.8. The number of allylic oxidation sites excluding steroid dienone is 6. The van der Waals surface area contributed by atoms with Gasteiger partial charge in [-0.05, 0) is 91.1 Å². The SMILES string of the molecule is CCN1/C(=C/C=C/C=C/C2=[N+](CCCCCOP(OCCC#N)N(C(C)C)C(C)C)c3ccccc3C2(C)C)C(C)(C)c2cc(SOOO)ccc21. The minimum atomic E-state index is -1.21. The van der Waals surface area contributed by atoms with Gasteiger partial charge in [0.25, 0.3) is 8.53 Å². The van der Waals surface area contributed by atoms with Gasteiger partial charge in [0.1, 0.15) is 6.54 Å². The Labute approximate surface area is 317 Å². The summed E-state index contributed by atoms with van der Waals surface area (Å²) in [6, 6.07) is 17.7. The lowest BCUT2D eigenvalue weighted by molar-refractivity contribution is -0.438. The van der Waals surface area contributed by atoms with E-state index in [1.165, 1.54) is 33.9 Å². The topological polar surface area (TPSA) is 90.4 Å². The fraction of sp³-hybridized carbons (Fsp3) is 0.512. The first-order valence-corrected chi connectivity index (χ1v) is 20.3. The van der Waals surface area contributed by atoms with Crippen molar-refractivity contribution in [2.45, 2.75) is 116 Å². The van der Waals surface area contributed by atoms with Gasteiger partial charge in [-0.25, -0.2) is 9.93 Å². The quantitative estimate of drug-likeness (QED) is 0.0270. The van der Waals surface area contributed by atoms with Crippen LogP contribution >= 0.6 is 20.6 Å². The molecule has 1 N–H and O–H groups in total. The van der Waals surface area contributed by atoms with E-state index in [4.69, 9.17) is 19.6 Å². The Morgan fingerprint density at radius 3 is 2.37 bits per heavy atom. The summed E-state index contributed by atoms with van der Waals surface area (Å²) in [6.07, 6.45) is 14.3. The molecule has 1 atom stereocenters. The zero-order valence-electron chi connectivity index (χ0n) is 32.5. The molecular weight excluding hydrogens is 692 g/mol. The van der Waals surface area contributed by atoms with E-state index in [0.29, 0.717) is 31.7 Å². The van der Waals surface area contributed by atoms with Crippen LogP contribution in [0.3, 0.4) is 0 Å². The van der Waals surface area contributed by atoms with Crippen molar-refractivity contribution < 1.29 is 28.3 Å². The third-order valence-electron chi connectivity index (χ3n) is 9.76. The molecule has 2 aromatic rings. The van der Waals surface area contributed by atoms with Crippen molar-refractivity contribution in [3.63, 3.8) is 0 Å². The van der Waals surface area contributed by atoms with E-state index in [-0.39, 0.29) is 10.8 Å². The molecule has 0 saturated heterocycles. The number of rotatable bonds is 20. The molecule has 2 heterocycles. The molecule has 0 saturated carbocycles. The Morgan fingerprint density at radius 1 is 0.942 bits per heavy atom. The standard InChI is InChI=1S/C41H57N4O5PS/c1-10-43-37-25-24-33(52-50-49-46)30-35(37)41(8,9)38(43)22-13-11-14-23-39-40(6,7)34-20-15-16-21-36(34)44(39)27-17-12-18-28-47-51(48-29-19-26-42)45(31(2)3)32(4)5/h11,13-16,20-25,30-32H,10,12,17-19,27-29H2,1-9H3/p+1. The highest BCUT2D eigenvalue weighted by Gasteiger charge is 2.44. The van der Waals surface area contributed by atoms with E-state index in [2.05, 4.69) is 159 Å². The van der Waals surface area contributed by atoms with Crippen LogP contribution in [-0.2, 0) is 29.2 Å². The largest absolute Gasteiger partial charge is 0.344 e. The molecule has 4 rings (SSSR count). The summed E-state index contributed by atoms with van der Waals surface area (Å²) in [4.78, 5) is 3.21. The maximum Gasteiger partial charge on any atom is 0.259 e. The predicted molar refractivity (Wildman–Crippen MR) is 214 cm³/mol. The molecule has 52 heavy (non-hydrogen) atoms. The number of nitrogens with zero attached hydrogens (tertiary/aromatic N) is 4. The molecule has 2 aliphatic rings. The van der Waals surface area contributed by atoms with Crippen LogP contribution in [0.25, 0.3) is 0 Å². The maximum absolute atomic E-state index is 9.01. The summed E-state index contributed by atoms with van der Waals surface area (Å²) in [5.41, 5.74) is 7.21. The number of anilines is 1. The highest BCUT2D eigenvalue weighted by molar-refractivity contribution is 7.94. The van der Waals surface area contributed by atoms with Gasteiger partial charge < -0.3 is 13.9 Å². The second-order valence-electron chi connectivity index (χ2n) is 14.7. The number of likely N-dealkylation sites (N-methyl/N-ethyl adjacent to an activating group) is 1. The normalized spacial score (nSPS) is 17.8. The van der Waals surface area contributed by atoms with Crippen molar-refractivity contribution in [1.29, 1.82) is 5.26 Å². The van der Waals surface area contributed by atoms with Gasteiger partial charge in [0, 0.05) is 64.4 Å². The van der Waals surface area contributed by atoms with Gasteiger partial charge in [0.15, 0.2) is 5.71 Å². The van der Waals surface area contributed by atoms with Crippen LogP contribution in [0.15, 0.2) is 83.4 Å². The van der Waals surface area contributed by atoms with Gasteiger partial charge in [-0.1, -0.05) is 55.3 Å². The molecule has 0 radical (unpaired) electrons. The fourth-order valence-electron chi connectivity index (χ4n) is 7.35. The van der Waals surface area contributed by atoms with Crippen molar-refractivity contribution in [3.05, 3.63) is 89.7 Å². The van der Waals surface area contributed by atoms with Gasteiger partial charge >= 0.3 is 0 Å². The van der Waals surface area contributed by atoms with Crippen LogP contribution in [0.2, 0.25) is 0 Å². The first-order valence-electron chi connectivity index (χ1n) is 18.5. The smallest absolute Gasteiger partial charge is 0.259 e. The molecule has 282 valence electrons. The van der Waals surface area contributed by atoms with Crippen molar-refractivity contribution in [2.24, 2.45) is 0 Å². The third kappa shape index (κ3) is 9.82. The third-order valence-corrected chi connectivity index (χ3v) is 12.4. The van der Waals surface area contributed by atoms with Crippen LogP contribution < -0.4 is 4.90 Å². The maximum atomic E-state index is 9.01. The number of unbranched alkanes of at least 4 members (excludes halogenated alkanes) is 2. The number of hydrogen-bond acceptors (Lipinski definition) is 9. The number of nitriles is 1. The average molecular weight is 750 g/mol. The number of hydrogen-bond donors (Lipinski definition) is 1. The Morgan fingerprint density at radius 2 is 1.67 bits per heavy atom. The van der Waals surface area contributed by atoms with Gasteiger partial charge in [0.2, 0.25) is 5.69 Å². The molecule has 2 aromatic carbocycles. The molecule has 0 bridgehead atoms. The van der Waals surface area contributed by atoms with Gasteiger partial charge in [-0.15, -0.1) is 4.33 Å². The Bertz CT molecular complexity index is 1650. The zero-order chi connectivity index (χ0) is 37.9. The highest BCUT2D eigenvalue weighted by Crippen LogP contribution is 2.49. The monoisotopic (exact) mass is 749 g/mol. The minimum Gasteiger partial charge on any atom is -0.344 e. The molecule has 9 nitrogen and oxygen atoms in total. The summed E-state index contributed by atoms with van der Waals surface area (Å²) in [7, 11) is -1.21. The molecule has 1 unspecified atom stereocenters. The van der Waals surface area contributed by atoms with Gasteiger partial charge in [0.05, 0.1) is 43.2 Å². The summed E-state index contributed by atoms with van der Waals surface area (Å²) in [6.45, 7) is 22.7. The molecular formula is C41H58N4O5PS+. The summed E-state index contributed by atoms with van der Waals surface area (Å²) < 4.78 is 21.9. The molecule has 0 aliphatic carbocycles. The lowest BCUT2D eigenvalue weighted by Gasteiger charge is -2.35. The van der Waals surface area contributed by atoms with E-state index >= 15 is 0 Å². The van der Waals surface area contributed by atoms with Crippen LogP contribution in [0, 0.1) is 11.3 Å². The summed E-state index contributed by atoms with van der Waals surface area (Å²) in [5, 5.41) is 21.4. The Balaban J connectivity index is 1.45. The Kier molecular flexibility index (Phi) is 15.7. The van der Waals surface area contributed by atoms with Gasteiger partial charge in [-0.3, -0.25) is 0 Å². The number of para-hydroxylation sites is 1. The van der Waals surface area contributed by atoms with Gasteiger partial charge in [-0.2, -0.15) is 9.84 Å². The van der Waals surface area contributed by atoms with Crippen molar-refractivity contribution in [1.82, 2.24) is 4.67 Å². The highest BCUT2D eigenvalue weighted by atomic mass is 32.2. The molecule has 0 spiro atoms. The number of benzene rings is 2. The van der Waals surface area contributed by atoms with E-state index in [1.54, 1.807) is 0 Å². The average Bonchev–Trinajstić information content (AvgIpc) is 3.46. The van der Waals surface area contributed by atoms with E-state index in [9.17, 15) is 0 Å². The Hall–Kier alpha value is -2.84. The van der Waals surface area contributed by atoms with E-state index < -0.39 is 8.53 Å². The van der Waals surface area contributed by atoms with E-state index in [0.717, 1.165) is 49.3 Å². The summed E-state index contributed by atoms with van der Waals surface area (Å²) in [5.74, 6) is 0. The summed E-state index contributed by atoms with van der Waals surface area (Å²) >= 11 is 0.984. The van der Waals surface area contributed by atoms with Crippen LogP contribution in [0.1, 0.15) is 99.1 Å². The lowest BCUT2D eigenvalue weighted by Crippen LogP contribution is -2.33. The van der Waals surface area contributed by atoms with Crippen molar-refractivity contribution in [3.8, 4) is 6.07 Å². The minimum absolute atomic E-state index is 0.120. The first kappa shape index (κ1) is 41.9. The van der Waals surface area contributed by atoms with Crippen LogP contribution in [0.4, 0.5) is 11.4 Å². The molecule has 11 heteroatoms. The van der Waals surface area contributed by atoms with Crippen molar-refractivity contribution in [2.75, 3.05) is 31.2 Å². The van der Waals surface area contributed by atoms with Crippen LogP contribution in [-0.4, -0.2) is 58.6 Å². The zero-order valence-corrected chi connectivity index (χ0v) is 34.2. The first-order chi connectivity index (χ1) is 24.9. The molecule has 2 aliphatic heterocycles. The van der Waals surface area contributed by atoms with Crippen LogP contribution in [0.5, 0.6) is 0 Å². The lowest BCUT2D eigenvalue weighted by atomic mass is 9.81. The fourth-order valence-corrected chi connectivity index (χ4v) is 9.37. The second kappa shape index (κ2) is 19.5. The van der Waals surface area contributed by atoms with Crippen molar-refractivity contribution >= 4 is 37.7 Å². The molecule has 0 fully saturated rings.